The van der Waals surface area contributed by atoms with Gasteiger partial charge in [0.15, 0.2) is 0 Å². The SMILES string of the molecule is C/C=C(\[Se]c1ccccc1)C(=O)OCC. The Morgan fingerprint density at radius 2 is 2.07 bits per heavy atom. The number of benzene rings is 1. The van der Waals surface area contributed by atoms with Gasteiger partial charge in [-0.2, -0.15) is 0 Å². The topological polar surface area (TPSA) is 26.3 Å². The van der Waals surface area contributed by atoms with E-state index in [1.807, 2.05) is 50.3 Å². The van der Waals surface area contributed by atoms with Gasteiger partial charge in [-0.1, -0.05) is 0 Å². The molecule has 1 aromatic rings. The fourth-order valence-electron chi connectivity index (χ4n) is 1.04. The fourth-order valence-corrected chi connectivity index (χ4v) is 2.73. The second-order valence-electron chi connectivity index (χ2n) is 2.79. The van der Waals surface area contributed by atoms with Crippen molar-refractivity contribution in [2.24, 2.45) is 0 Å². The van der Waals surface area contributed by atoms with Crippen LogP contribution in [-0.4, -0.2) is 27.5 Å². The third-order valence-electron chi connectivity index (χ3n) is 1.71. The molecule has 0 spiro atoms. The Labute approximate surface area is 96.5 Å². The first kappa shape index (κ1) is 12.0. The van der Waals surface area contributed by atoms with Crippen LogP contribution < -0.4 is 4.46 Å². The van der Waals surface area contributed by atoms with E-state index in [-0.39, 0.29) is 20.9 Å². The zero-order valence-electron chi connectivity index (χ0n) is 8.90. The average molecular weight is 269 g/mol. The van der Waals surface area contributed by atoms with Crippen molar-refractivity contribution in [3.63, 3.8) is 0 Å². The van der Waals surface area contributed by atoms with E-state index in [4.69, 9.17) is 4.74 Å². The summed E-state index contributed by atoms with van der Waals surface area (Å²) in [6.45, 7) is 4.12. The standard InChI is InChI=1S/C12H14O2Se/c1-3-11(12(13)14-4-2)15-10-8-6-5-7-9-10/h3,5-9H,4H2,1-2H3/b11-3-. The van der Waals surface area contributed by atoms with Gasteiger partial charge in [-0.25, -0.2) is 0 Å². The monoisotopic (exact) mass is 270 g/mol. The Morgan fingerprint density at radius 3 is 2.60 bits per heavy atom. The molecule has 15 heavy (non-hydrogen) atoms. The molecule has 1 rings (SSSR count). The second-order valence-corrected chi connectivity index (χ2v) is 5.13. The van der Waals surface area contributed by atoms with E-state index in [1.54, 1.807) is 0 Å². The molecule has 0 aliphatic carbocycles. The van der Waals surface area contributed by atoms with Gasteiger partial charge in [0.25, 0.3) is 0 Å². The van der Waals surface area contributed by atoms with E-state index in [2.05, 4.69) is 0 Å². The van der Waals surface area contributed by atoms with Crippen LogP contribution in [0.25, 0.3) is 0 Å². The van der Waals surface area contributed by atoms with Crippen LogP contribution in [0.4, 0.5) is 0 Å². The number of rotatable bonds is 4. The summed E-state index contributed by atoms with van der Waals surface area (Å²) in [4.78, 5) is 11.5. The predicted molar refractivity (Wildman–Crippen MR) is 62.2 cm³/mol. The van der Waals surface area contributed by atoms with E-state index >= 15 is 0 Å². The molecule has 0 saturated carbocycles. The van der Waals surface area contributed by atoms with Crippen LogP contribution in [0, 0.1) is 0 Å². The normalized spacial score (nSPS) is 11.2. The number of allylic oxidation sites excluding steroid dienone is 1. The van der Waals surface area contributed by atoms with Gasteiger partial charge in [0.2, 0.25) is 0 Å². The minimum absolute atomic E-state index is 0.0439. The summed E-state index contributed by atoms with van der Waals surface area (Å²) >= 11 is 0.0439. The van der Waals surface area contributed by atoms with Gasteiger partial charge in [-0.3, -0.25) is 0 Å². The molecule has 0 unspecified atom stereocenters. The molecule has 0 aliphatic rings. The molecule has 0 aliphatic heterocycles. The van der Waals surface area contributed by atoms with Gasteiger partial charge < -0.3 is 0 Å². The van der Waals surface area contributed by atoms with Crippen molar-refractivity contribution in [1.82, 2.24) is 0 Å². The molecular weight excluding hydrogens is 255 g/mol. The Kier molecular flexibility index (Phi) is 5.16. The molecule has 0 heterocycles. The Bertz CT molecular complexity index is 344. The molecule has 0 atom stereocenters. The number of ether oxygens (including phenoxy) is 1. The van der Waals surface area contributed by atoms with Gasteiger partial charge in [0.1, 0.15) is 0 Å². The molecule has 0 fully saturated rings. The van der Waals surface area contributed by atoms with Crippen LogP contribution in [0.5, 0.6) is 0 Å². The van der Waals surface area contributed by atoms with E-state index in [9.17, 15) is 4.79 Å². The van der Waals surface area contributed by atoms with E-state index in [0.717, 1.165) is 4.47 Å². The molecule has 3 heteroatoms. The summed E-state index contributed by atoms with van der Waals surface area (Å²) < 4.78 is 6.94. The fraction of sp³-hybridized carbons (Fsp3) is 0.250. The van der Waals surface area contributed by atoms with Gasteiger partial charge in [0, 0.05) is 0 Å². The van der Waals surface area contributed by atoms with Gasteiger partial charge in [-0.05, 0) is 0 Å². The number of hydrogen-bond acceptors (Lipinski definition) is 2. The van der Waals surface area contributed by atoms with E-state index < -0.39 is 0 Å². The molecule has 0 aromatic heterocycles. The Morgan fingerprint density at radius 1 is 1.40 bits per heavy atom. The molecule has 0 radical (unpaired) electrons. The first-order valence-corrected chi connectivity index (χ1v) is 6.55. The van der Waals surface area contributed by atoms with Crippen molar-refractivity contribution >= 4 is 25.4 Å². The van der Waals surface area contributed by atoms with E-state index in [1.165, 1.54) is 4.46 Å². The summed E-state index contributed by atoms with van der Waals surface area (Å²) in [7, 11) is 0. The molecule has 2 nitrogen and oxygen atoms in total. The Balaban J connectivity index is 2.67. The van der Waals surface area contributed by atoms with E-state index in [0.29, 0.717) is 6.61 Å². The van der Waals surface area contributed by atoms with Crippen LogP contribution in [-0.2, 0) is 9.53 Å². The third kappa shape index (κ3) is 3.90. The predicted octanol–water partition coefficient (Wildman–Crippen LogP) is 1.48. The molecule has 0 amide bonds. The summed E-state index contributed by atoms with van der Waals surface area (Å²) in [6.07, 6.45) is 1.84. The molecule has 80 valence electrons. The van der Waals surface area contributed by atoms with Crippen LogP contribution in [0.3, 0.4) is 0 Å². The number of carbonyl (C=O) groups excluding carboxylic acids is 1. The molecule has 0 N–H and O–H groups in total. The summed E-state index contributed by atoms with van der Waals surface area (Å²) in [5.74, 6) is -0.191. The van der Waals surface area contributed by atoms with Crippen molar-refractivity contribution in [2.45, 2.75) is 13.8 Å². The Hall–Kier alpha value is -1.05. The van der Waals surface area contributed by atoms with Crippen molar-refractivity contribution in [3.8, 4) is 0 Å². The average Bonchev–Trinajstić information content (AvgIpc) is 2.27. The number of esters is 1. The summed E-state index contributed by atoms with van der Waals surface area (Å²) in [6, 6.07) is 10.00. The second kappa shape index (κ2) is 6.44. The molecular formula is C12H14O2Se. The van der Waals surface area contributed by atoms with Crippen molar-refractivity contribution < 1.29 is 9.53 Å². The van der Waals surface area contributed by atoms with Gasteiger partial charge >= 0.3 is 96.3 Å². The van der Waals surface area contributed by atoms with Crippen LogP contribution in [0.2, 0.25) is 0 Å². The number of carbonyl (C=O) groups is 1. The zero-order valence-corrected chi connectivity index (χ0v) is 10.6. The van der Waals surface area contributed by atoms with Crippen molar-refractivity contribution in [1.29, 1.82) is 0 Å². The first-order chi connectivity index (χ1) is 7.27. The number of hydrogen-bond donors (Lipinski definition) is 0. The molecule has 1 aromatic carbocycles. The summed E-state index contributed by atoms with van der Waals surface area (Å²) in [5.41, 5.74) is 0. The summed E-state index contributed by atoms with van der Waals surface area (Å²) in [5, 5.41) is 0. The third-order valence-corrected chi connectivity index (χ3v) is 4.08. The van der Waals surface area contributed by atoms with Gasteiger partial charge in [0.05, 0.1) is 0 Å². The minimum atomic E-state index is -0.191. The first-order valence-electron chi connectivity index (χ1n) is 4.84. The maximum atomic E-state index is 11.5. The molecule has 0 saturated heterocycles. The van der Waals surface area contributed by atoms with Crippen molar-refractivity contribution in [2.75, 3.05) is 6.61 Å². The zero-order chi connectivity index (χ0) is 11.1. The van der Waals surface area contributed by atoms with Crippen LogP contribution in [0.15, 0.2) is 40.9 Å². The van der Waals surface area contributed by atoms with Crippen molar-refractivity contribution in [3.05, 3.63) is 40.9 Å². The maximum absolute atomic E-state index is 11.5. The van der Waals surface area contributed by atoms with Crippen LogP contribution in [0.1, 0.15) is 13.8 Å². The quantitative estimate of drug-likeness (QED) is 0.470. The van der Waals surface area contributed by atoms with Gasteiger partial charge in [-0.15, -0.1) is 0 Å². The van der Waals surface area contributed by atoms with Crippen LogP contribution >= 0.6 is 0 Å². The molecule has 0 bridgehead atoms.